The molecule has 1 fully saturated rings. The van der Waals surface area contributed by atoms with Gasteiger partial charge in [0.05, 0.1) is 0 Å². The van der Waals surface area contributed by atoms with Crippen LogP contribution in [0.1, 0.15) is 32.6 Å². The van der Waals surface area contributed by atoms with Crippen molar-refractivity contribution < 1.29 is 9.59 Å². The van der Waals surface area contributed by atoms with Gasteiger partial charge in [0.1, 0.15) is 6.04 Å². The molecule has 0 heterocycles. The Morgan fingerprint density at radius 2 is 2.06 bits per heavy atom. The maximum Gasteiger partial charge on any atom is 0.243 e. The fourth-order valence-corrected chi connectivity index (χ4v) is 2.19. The lowest BCUT2D eigenvalue weighted by Crippen LogP contribution is -2.49. The molecule has 2 amide bonds. The SMILES string of the molecule is C=CCNC(=O)[C@H](NC(C)=O)C1CCCC1. The number of carbonyl (C=O) groups excluding carboxylic acids is 2. The number of carbonyl (C=O) groups is 2. The summed E-state index contributed by atoms with van der Waals surface area (Å²) < 4.78 is 0. The van der Waals surface area contributed by atoms with Gasteiger partial charge in [0, 0.05) is 13.5 Å². The first kappa shape index (κ1) is 12.7. The Bertz CT molecular complexity index is 270. The van der Waals surface area contributed by atoms with Crippen molar-refractivity contribution in [3.8, 4) is 0 Å². The summed E-state index contributed by atoms with van der Waals surface area (Å²) in [6.07, 6.45) is 5.97. The van der Waals surface area contributed by atoms with Gasteiger partial charge in [-0.1, -0.05) is 18.9 Å². The van der Waals surface area contributed by atoms with Crippen molar-refractivity contribution in [1.29, 1.82) is 0 Å². The lowest BCUT2D eigenvalue weighted by Gasteiger charge is -2.22. The average Bonchev–Trinajstić information content (AvgIpc) is 2.75. The minimum absolute atomic E-state index is 0.0954. The van der Waals surface area contributed by atoms with Crippen molar-refractivity contribution in [2.75, 3.05) is 6.54 Å². The Kier molecular flexibility index (Phi) is 5.02. The van der Waals surface area contributed by atoms with E-state index in [1.165, 1.54) is 6.92 Å². The molecule has 1 aliphatic rings. The lowest BCUT2D eigenvalue weighted by molar-refractivity contribution is -0.129. The van der Waals surface area contributed by atoms with E-state index < -0.39 is 0 Å². The molecular weight excluding hydrogens is 204 g/mol. The van der Waals surface area contributed by atoms with Crippen molar-refractivity contribution in [2.24, 2.45) is 5.92 Å². The fraction of sp³-hybridized carbons (Fsp3) is 0.667. The van der Waals surface area contributed by atoms with E-state index in [-0.39, 0.29) is 23.8 Å². The Morgan fingerprint density at radius 3 is 2.56 bits per heavy atom. The number of amides is 2. The molecule has 2 N–H and O–H groups in total. The second-order valence-corrected chi connectivity index (χ2v) is 4.26. The molecule has 0 saturated heterocycles. The predicted octanol–water partition coefficient (Wildman–Crippen LogP) is 0.983. The summed E-state index contributed by atoms with van der Waals surface area (Å²) in [6.45, 7) is 5.44. The van der Waals surface area contributed by atoms with E-state index >= 15 is 0 Å². The average molecular weight is 224 g/mol. The molecule has 0 aromatic carbocycles. The number of nitrogens with one attached hydrogen (secondary N) is 2. The zero-order chi connectivity index (χ0) is 12.0. The van der Waals surface area contributed by atoms with Crippen molar-refractivity contribution in [3.05, 3.63) is 12.7 Å². The summed E-state index contributed by atoms with van der Waals surface area (Å²) in [7, 11) is 0. The largest absolute Gasteiger partial charge is 0.351 e. The van der Waals surface area contributed by atoms with Crippen LogP contribution in [0.5, 0.6) is 0 Å². The standard InChI is InChI=1S/C12H20N2O2/c1-3-8-13-12(16)11(14-9(2)15)10-6-4-5-7-10/h3,10-11H,1,4-8H2,2H3,(H,13,16)(H,14,15)/t11-/m1/s1. The molecule has 1 atom stereocenters. The van der Waals surface area contributed by atoms with E-state index in [1.807, 2.05) is 0 Å². The predicted molar refractivity (Wildman–Crippen MR) is 62.8 cm³/mol. The van der Waals surface area contributed by atoms with Crippen LogP contribution in [0.3, 0.4) is 0 Å². The summed E-state index contributed by atoms with van der Waals surface area (Å²) in [5, 5.41) is 5.49. The molecule has 16 heavy (non-hydrogen) atoms. The van der Waals surface area contributed by atoms with Crippen LogP contribution < -0.4 is 10.6 Å². The highest BCUT2D eigenvalue weighted by atomic mass is 16.2. The van der Waals surface area contributed by atoms with Crippen LogP contribution in [0, 0.1) is 5.92 Å². The minimum atomic E-state index is -0.375. The molecule has 1 saturated carbocycles. The molecule has 0 spiro atoms. The minimum Gasteiger partial charge on any atom is -0.351 e. The van der Waals surface area contributed by atoms with Gasteiger partial charge in [-0.25, -0.2) is 0 Å². The topological polar surface area (TPSA) is 58.2 Å². The van der Waals surface area contributed by atoms with Crippen LogP contribution in [-0.2, 0) is 9.59 Å². The first-order valence-electron chi connectivity index (χ1n) is 5.81. The Labute approximate surface area is 96.5 Å². The van der Waals surface area contributed by atoms with E-state index in [1.54, 1.807) is 6.08 Å². The van der Waals surface area contributed by atoms with Gasteiger partial charge in [-0.3, -0.25) is 9.59 Å². The highest BCUT2D eigenvalue weighted by Crippen LogP contribution is 2.27. The molecule has 4 heteroatoms. The molecule has 90 valence electrons. The van der Waals surface area contributed by atoms with Gasteiger partial charge in [-0.2, -0.15) is 0 Å². The van der Waals surface area contributed by atoms with Crippen LogP contribution in [-0.4, -0.2) is 24.4 Å². The van der Waals surface area contributed by atoms with E-state index in [2.05, 4.69) is 17.2 Å². The van der Waals surface area contributed by atoms with Gasteiger partial charge in [-0.15, -0.1) is 6.58 Å². The summed E-state index contributed by atoms with van der Waals surface area (Å²) in [4.78, 5) is 22.9. The van der Waals surface area contributed by atoms with E-state index in [0.717, 1.165) is 25.7 Å². The van der Waals surface area contributed by atoms with Crippen LogP contribution in [0.4, 0.5) is 0 Å². The molecule has 0 bridgehead atoms. The molecule has 0 aromatic heterocycles. The zero-order valence-corrected chi connectivity index (χ0v) is 9.79. The van der Waals surface area contributed by atoms with Crippen molar-refractivity contribution in [2.45, 2.75) is 38.6 Å². The maximum absolute atomic E-state index is 11.9. The summed E-state index contributed by atoms with van der Waals surface area (Å²) in [6, 6.07) is -0.375. The van der Waals surface area contributed by atoms with Crippen LogP contribution >= 0.6 is 0 Å². The molecule has 0 aliphatic heterocycles. The third-order valence-electron chi connectivity index (χ3n) is 2.93. The summed E-state index contributed by atoms with van der Waals surface area (Å²) in [5.74, 6) is 0.0429. The van der Waals surface area contributed by atoms with E-state index in [0.29, 0.717) is 6.54 Å². The second-order valence-electron chi connectivity index (χ2n) is 4.26. The third-order valence-corrected chi connectivity index (χ3v) is 2.93. The molecule has 0 unspecified atom stereocenters. The monoisotopic (exact) mass is 224 g/mol. The Hall–Kier alpha value is -1.32. The number of hydrogen-bond donors (Lipinski definition) is 2. The van der Waals surface area contributed by atoms with Crippen molar-refractivity contribution in [1.82, 2.24) is 10.6 Å². The van der Waals surface area contributed by atoms with Gasteiger partial charge in [0.15, 0.2) is 0 Å². The third kappa shape index (κ3) is 3.68. The smallest absolute Gasteiger partial charge is 0.243 e. The summed E-state index contributed by atoms with van der Waals surface area (Å²) >= 11 is 0. The number of rotatable bonds is 5. The van der Waals surface area contributed by atoms with Crippen LogP contribution in [0.25, 0.3) is 0 Å². The van der Waals surface area contributed by atoms with Gasteiger partial charge >= 0.3 is 0 Å². The molecule has 1 aliphatic carbocycles. The molecule has 1 rings (SSSR count). The fourth-order valence-electron chi connectivity index (χ4n) is 2.19. The molecule has 0 aromatic rings. The lowest BCUT2D eigenvalue weighted by atomic mass is 9.97. The molecule has 4 nitrogen and oxygen atoms in total. The highest BCUT2D eigenvalue weighted by Gasteiger charge is 2.30. The van der Waals surface area contributed by atoms with Crippen LogP contribution in [0.2, 0.25) is 0 Å². The van der Waals surface area contributed by atoms with Gasteiger partial charge in [0.25, 0.3) is 0 Å². The Balaban J connectivity index is 2.57. The zero-order valence-electron chi connectivity index (χ0n) is 9.79. The normalized spacial score (nSPS) is 17.8. The second kappa shape index (κ2) is 6.30. The first-order chi connectivity index (χ1) is 7.65. The van der Waals surface area contributed by atoms with E-state index in [9.17, 15) is 9.59 Å². The highest BCUT2D eigenvalue weighted by molar-refractivity contribution is 5.87. The Morgan fingerprint density at radius 1 is 1.44 bits per heavy atom. The van der Waals surface area contributed by atoms with Crippen LogP contribution in [0.15, 0.2) is 12.7 Å². The quantitative estimate of drug-likeness (QED) is 0.684. The van der Waals surface area contributed by atoms with Crippen molar-refractivity contribution >= 4 is 11.8 Å². The molecular formula is C12H20N2O2. The van der Waals surface area contributed by atoms with Crippen molar-refractivity contribution in [3.63, 3.8) is 0 Å². The maximum atomic E-state index is 11.9. The van der Waals surface area contributed by atoms with Gasteiger partial charge < -0.3 is 10.6 Å². The van der Waals surface area contributed by atoms with Gasteiger partial charge in [-0.05, 0) is 18.8 Å². The van der Waals surface area contributed by atoms with Gasteiger partial charge in [0.2, 0.25) is 11.8 Å². The van der Waals surface area contributed by atoms with E-state index in [4.69, 9.17) is 0 Å². The first-order valence-corrected chi connectivity index (χ1v) is 5.81. The number of hydrogen-bond acceptors (Lipinski definition) is 2. The summed E-state index contributed by atoms with van der Waals surface area (Å²) in [5.41, 5.74) is 0. The molecule has 0 radical (unpaired) electrons.